The van der Waals surface area contributed by atoms with Gasteiger partial charge in [0.05, 0.1) is 5.41 Å². The number of aliphatic carboxylic acids is 1. The molecule has 108 valence electrons. The van der Waals surface area contributed by atoms with Crippen LogP contribution in [-0.2, 0) is 14.9 Å². The van der Waals surface area contributed by atoms with Crippen molar-refractivity contribution < 1.29 is 22.9 Å². The van der Waals surface area contributed by atoms with E-state index < -0.39 is 26.8 Å². The fourth-order valence-corrected chi connectivity index (χ4v) is 3.21. The van der Waals surface area contributed by atoms with Gasteiger partial charge in [-0.25, -0.2) is 0 Å². The minimum absolute atomic E-state index is 0.171. The first-order valence-electron chi connectivity index (χ1n) is 6.19. The van der Waals surface area contributed by atoms with Crippen LogP contribution in [0.15, 0.2) is 0 Å². The molecule has 6 heteroatoms. The van der Waals surface area contributed by atoms with E-state index in [1.165, 1.54) is 13.8 Å². The molecule has 0 saturated carbocycles. The highest BCUT2D eigenvalue weighted by Gasteiger charge is 2.43. The monoisotopic (exact) mass is 280 g/mol. The zero-order chi connectivity index (χ0) is 14.6. The molecule has 0 aliphatic heterocycles. The van der Waals surface area contributed by atoms with Crippen molar-refractivity contribution in [2.24, 2.45) is 11.3 Å². The summed E-state index contributed by atoms with van der Waals surface area (Å²) in [7, 11) is -4.35. The van der Waals surface area contributed by atoms with Gasteiger partial charge in [0.2, 0.25) is 0 Å². The zero-order valence-electron chi connectivity index (χ0n) is 11.5. The Morgan fingerprint density at radius 2 is 1.61 bits per heavy atom. The van der Waals surface area contributed by atoms with Crippen LogP contribution < -0.4 is 0 Å². The third kappa shape index (κ3) is 5.35. The molecule has 0 aliphatic rings. The number of unbranched alkanes of at least 4 members (excludes halogenated alkanes) is 1. The van der Waals surface area contributed by atoms with Gasteiger partial charge in [0.25, 0.3) is 10.1 Å². The molecule has 0 aromatic heterocycles. The van der Waals surface area contributed by atoms with Gasteiger partial charge in [-0.3, -0.25) is 9.35 Å². The van der Waals surface area contributed by atoms with Crippen molar-refractivity contribution in [3.63, 3.8) is 0 Å². The molecule has 0 amide bonds. The summed E-state index contributed by atoms with van der Waals surface area (Å²) in [6.45, 7) is 6.80. The molecule has 0 aromatic carbocycles. The van der Waals surface area contributed by atoms with Gasteiger partial charge in [-0.05, 0) is 26.2 Å². The Kier molecular flexibility index (Phi) is 6.29. The molecule has 0 spiro atoms. The van der Waals surface area contributed by atoms with E-state index in [1.54, 1.807) is 0 Å². The van der Waals surface area contributed by atoms with Crippen LogP contribution in [0.3, 0.4) is 0 Å². The molecule has 0 bridgehead atoms. The Morgan fingerprint density at radius 3 is 1.94 bits per heavy atom. The third-order valence-electron chi connectivity index (χ3n) is 3.21. The number of hydrogen-bond acceptors (Lipinski definition) is 3. The second-order valence-electron chi connectivity index (χ2n) is 5.71. The van der Waals surface area contributed by atoms with Crippen LogP contribution in [0.25, 0.3) is 0 Å². The lowest BCUT2D eigenvalue weighted by molar-refractivity contribution is -0.147. The Bertz CT molecular complexity index is 370. The van der Waals surface area contributed by atoms with Crippen molar-refractivity contribution in [1.82, 2.24) is 0 Å². The third-order valence-corrected chi connectivity index (χ3v) is 4.76. The number of hydrogen-bond donors (Lipinski definition) is 2. The standard InChI is InChI=1S/C12H24O5S/c1-9(2)7-5-6-8-10(18(15,16)17)12(3,4)11(13)14/h9-10H,5-8H2,1-4H3,(H,13,14)(H,15,16,17). The average Bonchev–Trinajstić information content (AvgIpc) is 2.13. The van der Waals surface area contributed by atoms with Crippen molar-refractivity contribution in [3.8, 4) is 0 Å². The Morgan fingerprint density at radius 1 is 1.17 bits per heavy atom. The maximum Gasteiger partial charge on any atom is 0.310 e. The highest BCUT2D eigenvalue weighted by Crippen LogP contribution is 2.30. The molecule has 0 aromatic rings. The smallest absolute Gasteiger partial charge is 0.310 e. The number of carbonyl (C=O) groups is 1. The minimum Gasteiger partial charge on any atom is -0.481 e. The second kappa shape index (κ2) is 6.52. The van der Waals surface area contributed by atoms with Gasteiger partial charge in [-0.2, -0.15) is 8.42 Å². The summed E-state index contributed by atoms with van der Waals surface area (Å²) in [5.74, 6) is -0.685. The van der Waals surface area contributed by atoms with Crippen molar-refractivity contribution in [3.05, 3.63) is 0 Å². The average molecular weight is 280 g/mol. The maximum atomic E-state index is 11.3. The summed E-state index contributed by atoms with van der Waals surface area (Å²) in [6.07, 6.45) is 2.56. The van der Waals surface area contributed by atoms with E-state index in [0.717, 1.165) is 12.8 Å². The van der Waals surface area contributed by atoms with E-state index in [0.29, 0.717) is 12.3 Å². The van der Waals surface area contributed by atoms with Crippen molar-refractivity contribution in [1.29, 1.82) is 0 Å². The molecule has 0 aliphatic carbocycles. The van der Waals surface area contributed by atoms with Crippen LogP contribution in [0.4, 0.5) is 0 Å². The Balaban J connectivity index is 4.69. The molecule has 0 rings (SSSR count). The molecular weight excluding hydrogens is 256 g/mol. The van der Waals surface area contributed by atoms with Crippen LogP contribution in [0, 0.1) is 11.3 Å². The van der Waals surface area contributed by atoms with Crippen molar-refractivity contribution >= 4 is 16.1 Å². The largest absolute Gasteiger partial charge is 0.481 e. The summed E-state index contributed by atoms with van der Waals surface area (Å²) in [4.78, 5) is 11.1. The Labute approximate surface area is 109 Å². The quantitative estimate of drug-likeness (QED) is 0.526. The van der Waals surface area contributed by atoms with Gasteiger partial charge in [-0.1, -0.05) is 33.1 Å². The van der Waals surface area contributed by atoms with Crippen molar-refractivity contribution in [2.75, 3.05) is 0 Å². The zero-order valence-corrected chi connectivity index (χ0v) is 12.3. The van der Waals surface area contributed by atoms with Crippen LogP contribution in [0.2, 0.25) is 0 Å². The van der Waals surface area contributed by atoms with Crippen LogP contribution in [0.1, 0.15) is 53.4 Å². The summed E-state index contributed by atoms with van der Waals surface area (Å²) < 4.78 is 31.8. The second-order valence-corrected chi connectivity index (χ2v) is 7.31. The van der Waals surface area contributed by atoms with E-state index in [9.17, 15) is 17.8 Å². The first kappa shape index (κ1) is 17.4. The molecule has 1 unspecified atom stereocenters. The molecule has 0 heterocycles. The predicted molar refractivity (Wildman–Crippen MR) is 70.1 cm³/mol. The Hall–Kier alpha value is -0.620. The molecule has 5 nitrogen and oxygen atoms in total. The van der Waals surface area contributed by atoms with E-state index >= 15 is 0 Å². The molecule has 18 heavy (non-hydrogen) atoms. The highest BCUT2D eigenvalue weighted by molar-refractivity contribution is 7.86. The first-order chi connectivity index (χ1) is 7.99. The van der Waals surface area contributed by atoms with Crippen LogP contribution >= 0.6 is 0 Å². The first-order valence-corrected chi connectivity index (χ1v) is 7.69. The SMILES string of the molecule is CC(C)CCCCC(C(C)(C)C(=O)O)S(=O)(=O)O. The maximum absolute atomic E-state index is 11.3. The van der Waals surface area contributed by atoms with Gasteiger partial charge in [0, 0.05) is 0 Å². The van der Waals surface area contributed by atoms with Crippen molar-refractivity contribution in [2.45, 2.75) is 58.6 Å². The molecular formula is C12H24O5S. The van der Waals surface area contributed by atoms with Crippen LogP contribution in [-0.4, -0.2) is 29.3 Å². The van der Waals surface area contributed by atoms with Gasteiger partial charge in [0.1, 0.15) is 5.25 Å². The summed E-state index contributed by atoms with van der Waals surface area (Å²) in [6, 6.07) is 0. The van der Waals surface area contributed by atoms with Gasteiger partial charge in [-0.15, -0.1) is 0 Å². The summed E-state index contributed by atoms with van der Waals surface area (Å²) >= 11 is 0. The van der Waals surface area contributed by atoms with Gasteiger partial charge < -0.3 is 5.11 Å². The van der Waals surface area contributed by atoms with E-state index in [-0.39, 0.29) is 6.42 Å². The molecule has 1 atom stereocenters. The molecule has 0 fully saturated rings. The number of carboxylic acids is 1. The summed E-state index contributed by atoms with van der Waals surface area (Å²) in [5.41, 5.74) is -1.48. The number of carboxylic acid groups (broad SMARTS) is 1. The lowest BCUT2D eigenvalue weighted by atomic mass is 9.86. The van der Waals surface area contributed by atoms with E-state index in [4.69, 9.17) is 5.11 Å². The molecule has 0 saturated heterocycles. The topological polar surface area (TPSA) is 91.7 Å². The summed E-state index contributed by atoms with van der Waals surface area (Å²) in [5, 5.41) is 7.79. The molecule has 0 radical (unpaired) electrons. The predicted octanol–water partition coefficient (Wildman–Crippen LogP) is 2.57. The van der Waals surface area contributed by atoms with E-state index in [1.807, 2.05) is 0 Å². The molecule has 2 N–H and O–H groups in total. The number of rotatable bonds is 8. The fraction of sp³-hybridized carbons (Fsp3) is 0.917. The lowest BCUT2D eigenvalue weighted by Gasteiger charge is -2.27. The lowest BCUT2D eigenvalue weighted by Crippen LogP contribution is -2.42. The fourth-order valence-electron chi connectivity index (χ4n) is 1.90. The normalized spacial score (nSPS) is 14.8. The highest BCUT2D eigenvalue weighted by atomic mass is 32.2. The van der Waals surface area contributed by atoms with Gasteiger partial charge in [0.15, 0.2) is 0 Å². The van der Waals surface area contributed by atoms with Crippen LogP contribution in [0.5, 0.6) is 0 Å². The van der Waals surface area contributed by atoms with E-state index in [2.05, 4.69) is 13.8 Å². The minimum atomic E-state index is -4.35. The van der Waals surface area contributed by atoms with Gasteiger partial charge >= 0.3 is 5.97 Å².